The Morgan fingerprint density at radius 2 is 1.45 bits per heavy atom. The molecule has 116 valence electrons. The van der Waals surface area contributed by atoms with E-state index >= 15 is 0 Å². The standard InChI is InChI=1S/C14H9Br3O5/c15-14(16,17)8-1-3-9(4-2-8)22-13(21)7-5-10(18)12(20)11(19)6-7/h1-6,18-20H. The number of hydrogen-bond donors (Lipinski definition) is 3. The van der Waals surface area contributed by atoms with Gasteiger partial charge in [0.2, 0.25) is 0 Å². The van der Waals surface area contributed by atoms with Crippen molar-refractivity contribution >= 4 is 53.8 Å². The highest BCUT2D eigenvalue weighted by atomic mass is 80.0. The summed E-state index contributed by atoms with van der Waals surface area (Å²) in [5.41, 5.74) is 0.764. The molecule has 0 saturated carbocycles. The van der Waals surface area contributed by atoms with Crippen molar-refractivity contribution in [1.82, 2.24) is 0 Å². The smallest absolute Gasteiger partial charge is 0.343 e. The molecule has 0 aliphatic heterocycles. The zero-order valence-electron chi connectivity index (χ0n) is 10.8. The van der Waals surface area contributed by atoms with Crippen molar-refractivity contribution in [3.8, 4) is 23.0 Å². The molecule has 0 unspecified atom stereocenters. The molecule has 0 heterocycles. The van der Waals surface area contributed by atoms with Gasteiger partial charge < -0.3 is 20.1 Å². The number of esters is 1. The van der Waals surface area contributed by atoms with E-state index in [0.717, 1.165) is 17.7 Å². The van der Waals surface area contributed by atoms with E-state index < -0.39 is 25.4 Å². The number of alkyl halides is 3. The van der Waals surface area contributed by atoms with Crippen molar-refractivity contribution in [3.05, 3.63) is 47.5 Å². The lowest BCUT2D eigenvalue weighted by Gasteiger charge is -2.13. The van der Waals surface area contributed by atoms with Gasteiger partial charge in [0.1, 0.15) is 5.75 Å². The number of rotatable bonds is 2. The van der Waals surface area contributed by atoms with Gasteiger partial charge in [-0.15, -0.1) is 0 Å². The van der Waals surface area contributed by atoms with E-state index in [2.05, 4.69) is 47.8 Å². The van der Waals surface area contributed by atoms with Gasteiger partial charge in [-0.3, -0.25) is 0 Å². The summed E-state index contributed by atoms with van der Waals surface area (Å²) < 4.78 is 4.56. The minimum atomic E-state index is -0.777. The predicted molar refractivity (Wildman–Crippen MR) is 91.3 cm³/mol. The van der Waals surface area contributed by atoms with Crippen LogP contribution in [0.15, 0.2) is 36.4 Å². The Balaban J connectivity index is 2.19. The highest BCUT2D eigenvalue weighted by Gasteiger charge is 2.21. The fraction of sp³-hybridized carbons (Fsp3) is 0.0714. The molecule has 0 saturated heterocycles. The lowest BCUT2D eigenvalue weighted by molar-refractivity contribution is 0.0733. The fourth-order valence-corrected chi connectivity index (χ4v) is 2.39. The molecule has 0 fully saturated rings. The SMILES string of the molecule is O=C(Oc1ccc(C(Br)(Br)Br)cc1)c1cc(O)c(O)c(O)c1. The molecular formula is C14H9Br3O5. The van der Waals surface area contributed by atoms with Gasteiger partial charge in [0.05, 0.1) is 5.56 Å². The quantitative estimate of drug-likeness (QED) is 0.249. The fourth-order valence-electron chi connectivity index (χ4n) is 1.60. The molecule has 0 atom stereocenters. The Hall–Kier alpha value is -1.25. The molecule has 8 heteroatoms. The van der Waals surface area contributed by atoms with Crippen LogP contribution < -0.4 is 4.74 Å². The van der Waals surface area contributed by atoms with Crippen LogP contribution >= 0.6 is 47.8 Å². The lowest BCUT2D eigenvalue weighted by Crippen LogP contribution is -2.08. The summed E-state index contributed by atoms with van der Waals surface area (Å²) >= 11 is 10.1. The topological polar surface area (TPSA) is 87.0 Å². The number of benzene rings is 2. The van der Waals surface area contributed by atoms with E-state index in [1.807, 2.05) is 0 Å². The van der Waals surface area contributed by atoms with Gasteiger partial charge in [-0.1, -0.05) is 59.9 Å². The summed E-state index contributed by atoms with van der Waals surface area (Å²) in [4.78, 5) is 12.0. The number of carbonyl (C=O) groups excluding carboxylic acids is 1. The highest BCUT2D eigenvalue weighted by Crippen LogP contribution is 2.44. The van der Waals surface area contributed by atoms with E-state index in [9.17, 15) is 20.1 Å². The van der Waals surface area contributed by atoms with Crippen molar-refractivity contribution in [2.45, 2.75) is 2.14 Å². The second-order valence-electron chi connectivity index (χ2n) is 4.27. The summed E-state index contributed by atoms with van der Waals surface area (Å²) in [5.74, 6) is -2.39. The van der Waals surface area contributed by atoms with Gasteiger partial charge in [0.25, 0.3) is 0 Å². The van der Waals surface area contributed by atoms with Crippen LogP contribution in [0.3, 0.4) is 0 Å². The summed E-state index contributed by atoms with van der Waals surface area (Å²) in [7, 11) is 0. The number of carbonyl (C=O) groups is 1. The Bertz CT molecular complexity index is 684. The van der Waals surface area contributed by atoms with Crippen LogP contribution in [-0.4, -0.2) is 21.3 Å². The normalized spacial score (nSPS) is 11.2. The Labute approximate surface area is 150 Å². The summed E-state index contributed by atoms with van der Waals surface area (Å²) in [6.45, 7) is 0. The van der Waals surface area contributed by atoms with E-state index in [-0.39, 0.29) is 11.3 Å². The van der Waals surface area contributed by atoms with E-state index in [1.165, 1.54) is 0 Å². The second-order valence-corrected chi connectivity index (χ2v) is 11.0. The van der Waals surface area contributed by atoms with Crippen LogP contribution in [0.25, 0.3) is 0 Å². The molecule has 2 aromatic rings. The van der Waals surface area contributed by atoms with Gasteiger partial charge in [-0.2, -0.15) is 0 Å². The third-order valence-electron chi connectivity index (χ3n) is 2.70. The molecule has 2 aromatic carbocycles. The van der Waals surface area contributed by atoms with Crippen molar-refractivity contribution in [2.75, 3.05) is 0 Å². The minimum absolute atomic E-state index is 0.0901. The number of halogens is 3. The molecule has 0 aromatic heterocycles. The average molecular weight is 497 g/mol. The van der Waals surface area contributed by atoms with E-state index in [0.29, 0.717) is 0 Å². The Morgan fingerprint density at radius 1 is 0.955 bits per heavy atom. The highest BCUT2D eigenvalue weighted by molar-refractivity contribution is 9.38. The van der Waals surface area contributed by atoms with Gasteiger partial charge in [-0.05, 0) is 29.8 Å². The Morgan fingerprint density at radius 3 is 1.91 bits per heavy atom. The first-order valence-electron chi connectivity index (χ1n) is 5.83. The maximum absolute atomic E-state index is 12.0. The lowest BCUT2D eigenvalue weighted by atomic mass is 10.2. The molecule has 3 N–H and O–H groups in total. The molecule has 0 spiro atoms. The zero-order chi connectivity index (χ0) is 16.5. The van der Waals surface area contributed by atoms with Crippen molar-refractivity contribution in [2.24, 2.45) is 0 Å². The van der Waals surface area contributed by atoms with Gasteiger partial charge in [0.15, 0.2) is 19.4 Å². The third kappa shape index (κ3) is 3.93. The third-order valence-corrected chi connectivity index (χ3v) is 4.07. The molecule has 22 heavy (non-hydrogen) atoms. The van der Waals surface area contributed by atoms with Crippen molar-refractivity contribution in [1.29, 1.82) is 0 Å². The molecular weight excluding hydrogens is 488 g/mol. The molecule has 0 radical (unpaired) electrons. The van der Waals surface area contributed by atoms with Gasteiger partial charge in [-0.25, -0.2) is 4.79 Å². The van der Waals surface area contributed by atoms with Crippen LogP contribution in [0.5, 0.6) is 23.0 Å². The molecule has 2 rings (SSSR count). The predicted octanol–water partition coefficient (Wildman–Crippen LogP) is 4.32. The number of hydrogen-bond acceptors (Lipinski definition) is 5. The van der Waals surface area contributed by atoms with Crippen LogP contribution in [0.4, 0.5) is 0 Å². The average Bonchev–Trinajstić information content (AvgIpc) is 2.43. The van der Waals surface area contributed by atoms with Crippen LogP contribution in [0.1, 0.15) is 15.9 Å². The van der Waals surface area contributed by atoms with Crippen LogP contribution in [0, 0.1) is 0 Å². The molecule has 0 amide bonds. The molecule has 0 bridgehead atoms. The first kappa shape index (κ1) is 17.1. The summed E-state index contributed by atoms with van der Waals surface area (Å²) in [6.07, 6.45) is 0. The molecule has 5 nitrogen and oxygen atoms in total. The summed E-state index contributed by atoms with van der Waals surface area (Å²) in [5, 5.41) is 28.0. The monoisotopic (exact) mass is 494 g/mol. The van der Waals surface area contributed by atoms with Gasteiger partial charge in [0, 0.05) is 0 Å². The maximum Gasteiger partial charge on any atom is 0.343 e. The summed E-state index contributed by atoms with van der Waals surface area (Å²) in [6, 6.07) is 8.65. The van der Waals surface area contributed by atoms with Gasteiger partial charge >= 0.3 is 5.97 Å². The largest absolute Gasteiger partial charge is 0.504 e. The molecule has 0 aliphatic carbocycles. The number of ether oxygens (including phenoxy) is 1. The number of phenols is 3. The first-order valence-corrected chi connectivity index (χ1v) is 8.21. The van der Waals surface area contributed by atoms with Crippen LogP contribution in [-0.2, 0) is 2.14 Å². The zero-order valence-corrected chi connectivity index (χ0v) is 15.5. The molecule has 0 aliphatic rings. The number of phenolic OH excluding ortho intramolecular Hbond substituents is 3. The maximum atomic E-state index is 12.0. The van der Waals surface area contributed by atoms with Crippen molar-refractivity contribution in [3.63, 3.8) is 0 Å². The minimum Gasteiger partial charge on any atom is -0.504 e. The van der Waals surface area contributed by atoms with Crippen molar-refractivity contribution < 1.29 is 24.9 Å². The Kier molecular flexibility index (Phi) is 5.03. The first-order chi connectivity index (χ1) is 10.2. The number of aromatic hydroxyl groups is 3. The van der Waals surface area contributed by atoms with E-state index in [1.54, 1.807) is 24.3 Å². The van der Waals surface area contributed by atoms with E-state index in [4.69, 9.17) is 4.74 Å². The van der Waals surface area contributed by atoms with Crippen LogP contribution in [0.2, 0.25) is 0 Å². The second kappa shape index (κ2) is 6.47.